The lowest BCUT2D eigenvalue weighted by Gasteiger charge is -2.06. The number of rotatable bonds is 4. The summed E-state index contributed by atoms with van der Waals surface area (Å²) in [5.41, 5.74) is 0.318. The molecule has 0 aliphatic heterocycles. The topological polar surface area (TPSA) is 39.2 Å². The van der Waals surface area contributed by atoms with Crippen LogP contribution in [-0.2, 0) is 4.74 Å². The maximum atomic E-state index is 11.5. The molecule has 0 radical (unpaired) electrons. The highest BCUT2D eigenvalue weighted by Crippen LogP contribution is 2.20. The highest BCUT2D eigenvalue weighted by atomic mass is 35.5. The molecule has 0 aliphatic rings. The van der Waals surface area contributed by atoms with Crippen LogP contribution in [0.4, 0.5) is 0 Å². The van der Waals surface area contributed by atoms with Gasteiger partial charge in [-0.2, -0.15) is 0 Å². The molecule has 0 atom stereocenters. The maximum Gasteiger partial charge on any atom is 0.339 e. The van der Waals surface area contributed by atoms with Gasteiger partial charge in [0.05, 0.1) is 17.2 Å². The number of nitrogens with zero attached hydrogens (tertiary/aromatic N) is 1. The second kappa shape index (κ2) is 6.06. The molecule has 0 saturated heterocycles. The van der Waals surface area contributed by atoms with Gasteiger partial charge in [-0.3, -0.25) is 0 Å². The number of ether oxygens (including phenoxy) is 1. The van der Waals surface area contributed by atoms with Crippen LogP contribution >= 0.6 is 23.2 Å². The van der Waals surface area contributed by atoms with Crippen LogP contribution in [0.1, 0.15) is 30.6 Å². The van der Waals surface area contributed by atoms with E-state index in [1.165, 1.54) is 12.3 Å². The molecule has 1 heterocycles. The van der Waals surface area contributed by atoms with Gasteiger partial charge in [-0.15, -0.1) is 0 Å². The zero-order valence-corrected chi connectivity index (χ0v) is 10.7. The van der Waals surface area contributed by atoms with Crippen LogP contribution in [0.25, 0.3) is 0 Å². The van der Waals surface area contributed by atoms with Crippen molar-refractivity contribution in [3.8, 4) is 0 Å². The number of carbonyl (C=O) groups excluding carboxylic acids is 1. The Kier molecular flexibility index (Phi) is 5.03. The van der Waals surface area contributed by atoms with Crippen molar-refractivity contribution < 1.29 is 9.53 Å². The first-order valence-corrected chi connectivity index (χ1v) is 5.74. The summed E-state index contributed by atoms with van der Waals surface area (Å²) >= 11 is 11.4. The fourth-order valence-corrected chi connectivity index (χ4v) is 1.27. The number of hydrogen-bond donors (Lipinski definition) is 0. The molecule has 1 aromatic rings. The number of carbonyl (C=O) groups is 1. The molecular formula is C11H13Cl2NO2. The molecular weight excluding hydrogens is 249 g/mol. The summed E-state index contributed by atoms with van der Waals surface area (Å²) in [7, 11) is 0. The molecule has 0 bridgehead atoms. The zero-order chi connectivity index (χ0) is 12.1. The van der Waals surface area contributed by atoms with E-state index in [1.54, 1.807) is 0 Å². The van der Waals surface area contributed by atoms with Crippen molar-refractivity contribution in [2.45, 2.75) is 20.3 Å². The summed E-state index contributed by atoms with van der Waals surface area (Å²) in [5, 5.41) is 0.431. The smallest absolute Gasteiger partial charge is 0.339 e. The van der Waals surface area contributed by atoms with Crippen molar-refractivity contribution in [1.29, 1.82) is 0 Å². The van der Waals surface area contributed by atoms with E-state index in [-0.39, 0.29) is 10.2 Å². The van der Waals surface area contributed by atoms with Gasteiger partial charge >= 0.3 is 5.97 Å². The predicted molar refractivity (Wildman–Crippen MR) is 64.0 cm³/mol. The number of pyridine rings is 1. The molecule has 3 nitrogen and oxygen atoms in total. The van der Waals surface area contributed by atoms with E-state index >= 15 is 0 Å². The third-order valence-electron chi connectivity index (χ3n) is 1.96. The number of hydrogen-bond acceptors (Lipinski definition) is 3. The normalized spacial score (nSPS) is 10.6. The van der Waals surface area contributed by atoms with Crippen molar-refractivity contribution >= 4 is 29.2 Å². The lowest BCUT2D eigenvalue weighted by molar-refractivity contribution is 0.0487. The van der Waals surface area contributed by atoms with Crippen molar-refractivity contribution in [1.82, 2.24) is 4.98 Å². The second-order valence-electron chi connectivity index (χ2n) is 3.82. The lowest BCUT2D eigenvalue weighted by atomic mass is 10.1. The van der Waals surface area contributed by atoms with Gasteiger partial charge in [-0.1, -0.05) is 37.0 Å². The molecule has 1 aromatic heterocycles. The number of aromatic nitrogens is 1. The standard InChI is InChI=1S/C11H13Cl2NO2/c1-7(2)3-4-16-11(15)8-5-9(12)10(13)14-6-8/h5-7H,3-4H2,1-2H3. The van der Waals surface area contributed by atoms with Crippen LogP contribution in [0.2, 0.25) is 10.2 Å². The summed E-state index contributed by atoms with van der Waals surface area (Å²) < 4.78 is 5.05. The van der Waals surface area contributed by atoms with Crippen LogP contribution in [0.3, 0.4) is 0 Å². The largest absolute Gasteiger partial charge is 0.462 e. The summed E-state index contributed by atoms with van der Waals surface area (Å²) in [4.78, 5) is 15.3. The fourth-order valence-electron chi connectivity index (χ4n) is 1.00. The minimum atomic E-state index is -0.424. The quantitative estimate of drug-likeness (QED) is 0.614. The summed E-state index contributed by atoms with van der Waals surface area (Å²) in [5.74, 6) is 0.0754. The second-order valence-corrected chi connectivity index (χ2v) is 4.58. The minimum Gasteiger partial charge on any atom is -0.462 e. The molecule has 0 spiro atoms. The Hall–Kier alpha value is -0.800. The van der Waals surface area contributed by atoms with E-state index < -0.39 is 5.97 Å². The van der Waals surface area contributed by atoms with Crippen molar-refractivity contribution in [3.05, 3.63) is 28.0 Å². The first kappa shape index (κ1) is 13.3. The van der Waals surface area contributed by atoms with Gasteiger partial charge in [0.25, 0.3) is 0 Å². The van der Waals surface area contributed by atoms with E-state index in [1.807, 2.05) is 0 Å². The van der Waals surface area contributed by atoms with Crippen LogP contribution in [0, 0.1) is 5.92 Å². The molecule has 0 unspecified atom stereocenters. The average molecular weight is 262 g/mol. The van der Waals surface area contributed by atoms with Gasteiger partial charge in [0.2, 0.25) is 0 Å². The molecule has 5 heteroatoms. The van der Waals surface area contributed by atoms with Crippen LogP contribution < -0.4 is 0 Å². The van der Waals surface area contributed by atoms with Gasteiger partial charge in [0.15, 0.2) is 0 Å². The van der Waals surface area contributed by atoms with E-state index in [2.05, 4.69) is 18.8 Å². The van der Waals surface area contributed by atoms with Crippen LogP contribution in [0.15, 0.2) is 12.3 Å². The van der Waals surface area contributed by atoms with E-state index in [4.69, 9.17) is 27.9 Å². The SMILES string of the molecule is CC(C)CCOC(=O)c1cnc(Cl)c(Cl)c1. The van der Waals surface area contributed by atoms with Gasteiger partial charge < -0.3 is 4.74 Å². The Balaban J connectivity index is 2.56. The molecule has 0 fully saturated rings. The first-order chi connectivity index (χ1) is 7.50. The number of esters is 1. The van der Waals surface area contributed by atoms with Crippen molar-refractivity contribution in [2.75, 3.05) is 6.61 Å². The van der Waals surface area contributed by atoms with E-state index in [0.717, 1.165) is 6.42 Å². The third kappa shape index (κ3) is 3.99. The zero-order valence-electron chi connectivity index (χ0n) is 9.17. The molecule has 0 amide bonds. The summed E-state index contributed by atoms with van der Waals surface area (Å²) in [6, 6.07) is 1.45. The lowest BCUT2D eigenvalue weighted by Crippen LogP contribution is -2.08. The molecule has 0 saturated carbocycles. The van der Waals surface area contributed by atoms with Gasteiger partial charge in [-0.05, 0) is 18.4 Å². The highest BCUT2D eigenvalue weighted by Gasteiger charge is 2.10. The van der Waals surface area contributed by atoms with Crippen molar-refractivity contribution in [2.24, 2.45) is 5.92 Å². The van der Waals surface area contributed by atoms with Gasteiger partial charge in [0, 0.05) is 6.20 Å². The number of halogens is 2. The molecule has 0 aliphatic carbocycles. The molecule has 1 rings (SSSR count). The van der Waals surface area contributed by atoms with Crippen molar-refractivity contribution in [3.63, 3.8) is 0 Å². The Morgan fingerprint density at radius 3 is 2.75 bits per heavy atom. The Labute approximate surface area is 105 Å². The molecule has 16 heavy (non-hydrogen) atoms. The minimum absolute atomic E-state index is 0.181. The predicted octanol–water partition coefficient (Wildman–Crippen LogP) is 3.59. The summed E-state index contributed by atoms with van der Waals surface area (Å²) in [6.45, 7) is 4.53. The third-order valence-corrected chi connectivity index (χ3v) is 2.65. The monoisotopic (exact) mass is 261 g/mol. The van der Waals surface area contributed by atoms with E-state index in [0.29, 0.717) is 18.1 Å². The average Bonchev–Trinajstić information content (AvgIpc) is 2.21. The Bertz CT molecular complexity index is 380. The fraction of sp³-hybridized carbons (Fsp3) is 0.455. The van der Waals surface area contributed by atoms with Crippen LogP contribution in [0.5, 0.6) is 0 Å². The first-order valence-electron chi connectivity index (χ1n) is 4.99. The molecule has 88 valence electrons. The summed E-state index contributed by atoms with van der Waals surface area (Å²) in [6.07, 6.45) is 2.19. The van der Waals surface area contributed by atoms with Gasteiger partial charge in [0.1, 0.15) is 5.15 Å². The Morgan fingerprint density at radius 1 is 1.50 bits per heavy atom. The van der Waals surface area contributed by atoms with Crippen LogP contribution in [-0.4, -0.2) is 17.6 Å². The molecule has 0 N–H and O–H groups in total. The van der Waals surface area contributed by atoms with E-state index in [9.17, 15) is 4.79 Å². The highest BCUT2D eigenvalue weighted by molar-refractivity contribution is 6.41. The maximum absolute atomic E-state index is 11.5. The molecule has 0 aromatic carbocycles. The van der Waals surface area contributed by atoms with Gasteiger partial charge in [-0.25, -0.2) is 9.78 Å². The Morgan fingerprint density at radius 2 is 2.19 bits per heavy atom.